The average Bonchev–Trinajstić information content (AvgIpc) is 2.68. The van der Waals surface area contributed by atoms with Crippen LogP contribution in [-0.2, 0) is 16.6 Å². The molecular weight excluding hydrogens is 407 g/mol. The predicted molar refractivity (Wildman–Crippen MR) is 103 cm³/mol. The Bertz CT molecular complexity index is 1080. The third-order valence-electron chi connectivity index (χ3n) is 3.74. The second-order valence-corrected chi connectivity index (χ2v) is 7.85. The van der Waals surface area contributed by atoms with Gasteiger partial charge in [-0.15, -0.1) is 0 Å². The minimum absolute atomic E-state index is 0.0221. The van der Waals surface area contributed by atoms with Gasteiger partial charge in [0.2, 0.25) is 15.9 Å². The van der Waals surface area contributed by atoms with Gasteiger partial charge in [0.25, 0.3) is 0 Å². The van der Waals surface area contributed by atoms with Crippen LogP contribution in [0.15, 0.2) is 65.7 Å². The molecular formula is C19H16ClFN2O4S. The number of halogens is 2. The van der Waals surface area contributed by atoms with Crippen LogP contribution in [0.5, 0.6) is 17.4 Å². The largest absolute Gasteiger partial charge is 0.495 e. The van der Waals surface area contributed by atoms with Gasteiger partial charge >= 0.3 is 0 Å². The number of hydrogen-bond acceptors (Lipinski definition) is 5. The molecule has 3 aromatic rings. The van der Waals surface area contributed by atoms with Crippen LogP contribution in [-0.4, -0.2) is 20.5 Å². The highest BCUT2D eigenvalue weighted by Gasteiger charge is 2.16. The second-order valence-electron chi connectivity index (χ2n) is 5.68. The number of methoxy groups -OCH3 is 1. The fourth-order valence-electron chi connectivity index (χ4n) is 2.32. The van der Waals surface area contributed by atoms with Crippen molar-refractivity contribution < 1.29 is 22.3 Å². The highest BCUT2D eigenvalue weighted by Crippen LogP contribution is 2.27. The highest BCUT2D eigenvalue weighted by molar-refractivity contribution is 7.89. The van der Waals surface area contributed by atoms with Crippen molar-refractivity contribution in [3.8, 4) is 17.4 Å². The first-order valence-corrected chi connectivity index (χ1v) is 9.95. The number of aromatic nitrogens is 1. The smallest absolute Gasteiger partial charge is 0.240 e. The molecule has 0 fully saturated rings. The van der Waals surface area contributed by atoms with E-state index in [4.69, 9.17) is 21.1 Å². The fraction of sp³-hybridized carbons (Fsp3) is 0.105. The van der Waals surface area contributed by atoms with Crippen molar-refractivity contribution >= 4 is 21.6 Å². The van der Waals surface area contributed by atoms with Gasteiger partial charge in [0.1, 0.15) is 17.3 Å². The molecule has 0 saturated heterocycles. The summed E-state index contributed by atoms with van der Waals surface area (Å²) in [5.74, 6) is 0.690. The summed E-state index contributed by atoms with van der Waals surface area (Å²) in [6.07, 6.45) is 1.49. The van der Waals surface area contributed by atoms with Crippen molar-refractivity contribution in [1.29, 1.82) is 0 Å². The zero-order chi connectivity index (χ0) is 20.1. The molecule has 0 amide bonds. The number of hydrogen-bond donors (Lipinski definition) is 1. The van der Waals surface area contributed by atoms with Crippen LogP contribution < -0.4 is 14.2 Å². The maximum Gasteiger partial charge on any atom is 0.240 e. The van der Waals surface area contributed by atoms with Crippen molar-refractivity contribution in [2.75, 3.05) is 7.11 Å². The molecule has 0 aliphatic rings. The van der Waals surface area contributed by atoms with Crippen LogP contribution in [0.25, 0.3) is 0 Å². The molecule has 0 aliphatic heterocycles. The highest BCUT2D eigenvalue weighted by atomic mass is 35.5. The van der Waals surface area contributed by atoms with Gasteiger partial charge in [0, 0.05) is 18.8 Å². The van der Waals surface area contributed by atoms with Crippen molar-refractivity contribution in [1.82, 2.24) is 9.71 Å². The van der Waals surface area contributed by atoms with E-state index in [1.54, 1.807) is 12.1 Å². The van der Waals surface area contributed by atoms with E-state index < -0.39 is 10.0 Å². The molecule has 0 aliphatic carbocycles. The van der Waals surface area contributed by atoms with Crippen LogP contribution in [0.4, 0.5) is 4.39 Å². The topological polar surface area (TPSA) is 77.5 Å². The zero-order valence-electron chi connectivity index (χ0n) is 14.7. The number of nitrogens with one attached hydrogen (secondary N) is 1. The summed E-state index contributed by atoms with van der Waals surface area (Å²) in [4.78, 5) is 4.09. The molecule has 0 spiro atoms. The van der Waals surface area contributed by atoms with E-state index in [1.807, 2.05) is 0 Å². The molecule has 3 rings (SSSR count). The molecule has 1 heterocycles. The standard InChI is InChI=1S/C19H16ClFN2O4S/c1-26-18-7-6-16(11-17(18)20)28(24,25)23-12-13-8-9-22-19(10-13)27-15-4-2-14(21)3-5-15/h2-11,23H,12H2,1H3. The maximum absolute atomic E-state index is 13.0. The molecule has 146 valence electrons. The van der Waals surface area contributed by atoms with E-state index >= 15 is 0 Å². The monoisotopic (exact) mass is 422 g/mol. The van der Waals surface area contributed by atoms with Gasteiger partial charge in [0.05, 0.1) is 17.0 Å². The molecule has 1 N–H and O–H groups in total. The predicted octanol–water partition coefficient (Wildman–Crippen LogP) is 4.15. The van der Waals surface area contributed by atoms with Gasteiger partial charge in [-0.2, -0.15) is 0 Å². The lowest BCUT2D eigenvalue weighted by atomic mass is 10.3. The third kappa shape index (κ3) is 4.98. The zero-order valence-corrected chi connectivity index (χ0v) is 16.3. The number of benzene rings is 2. The first-order valence-electron chi connectivity index (χ1n) is 8.09. The Labute approximate surface area is 167 Å². The molecule has 0 bridgehead atoms. The lowest BCUT2D eigenvalue weighted by Crippen LogP contribution is -2.23. The SMILES string of the molecule is COc1ccc(S(=O)(=O)NCc2ccnc(Oc3ccc(F)cc3)c2)cc1Cl. The van der Waals surface area contributed by atoms with Gasteiger partial charge in [-0.1, -0.05) is 11.6 Å². The quantitative estimate of drug-likeness (QED) is 0.618. The Morgan fingerprint density at radius 3 is 2.54 bits per heavy atom. The third-order valence-corrected chi connectivity index (χ3v) is 5.43. The van der Waals surface area contributed by atoms with Crippen LogP contribution in [0, 0.1) is 5.82 Å². The minimum atomic E-state index is -3.78. The fourth-order valence-corrected chi connectivity index (χ4v) is 3.68. The summed E-state index contributed by atoms with van der Waals surface area (Å²) >= 11 is 5.99. The summed E-state index contributed by atoms with van der Waals surface area (Å²) in [5, 5.41) is 0.198. The number of pyridine rings is 1. The van der Waals surface area contributed by atoms with Crippen molar-refractivity contribution in [3.05, 3.63) is 77.2 Å². The Morgan fingerprint density at radius 1 is 1.11 bits per heavy atom. The Kier molecular flexibility index (Phi) is 6.13. The van der Waals surface area contributed by atoms with E-state index in [0.29, 0.717) is 17.1 Å². The molecule has 0 unspecified atom stereocenters. The summed E-state index contributed by atoms with van der Waals surface area (Å²) in [6.45, 7) is 0.0221. The summed E-state index contributed by atoms with van der Waals surface area (Å²) < 4.78 is 51.0. The van der Waals surface area contributed by atoms with E-state index in [-0.39, 0.29) is 28.2 Å². The molecule has 0 radical (unpaired) electrons. The molecule has 6 nitrogen and oxygen atoms in total. The van der Waals surface area contributed by atoms with Crippen molar-refractivity contribution in [2.24, 2.45) is 0 Å². The second kappa shape index (κ2) is 8.55. The van der Waals surface area contributed by atoms with Gasteiger partial charge in [0.15, 0.2) is 0 Å². The van der Waals surface area contributed by atoms with Crippen LogP contribution in [0.3, 0.4) is 0 Å². The normalized spacial score (nSPS) is 11.2. The van der Waals surface area contributed by atoms with E-state index in [0.717, 1.165) is 0 Å². The van der Waals surface area contributed by atoms with Gasteiger partial charge in [-0.25, -0.2) is 22.5 Å². The number of sulfonamides is 1. The van der Waals surface area contributed by atoms with Crippen LogP contribution in [0.2, 0.25) is 5.02 Å². The maximum atomic E-state index is 13.0. The molecule has 0 atom stereocenters. The van der Waals surface area contributed by atoms with Crippen LogP contribution >= 0.6 is 11.6 Å². The van der Waals surface area contributed by atoms with E-state index in [9.17, 15) is 12.8 Å². The number of rotatable bonds is 7. The minimum Gasteiger partial charge on any atom is -0.495 e. The van der Waals surface area contributed by atoms with Crippen molar-refractivity contribution in [2.45, 2.75) is 11.4 Å². The Morgan fingerprint density at radius 2 is 1.86 bits per heavy atom. The Balaban J connectivity index is 1.70. The number of nitrogens with zero attached hydrogens (tertiary/aromatic N) is 1. The van der Waals surface area contributed by atoms with Gasteiger partial charge in [-0.05, 0) is 54.1 Å². The van der Waals surface area contributed by atoms with Crippen LogP contribution in [0.1, 0.15) is 5.56 Å². The summed E-state index contributed by atoms with van der Waals surface area (Å²) in [7, 11) is -2.33. The molecule has 0 saturated carbocycles. The molecule has 9 heteroatoms. The average molecular weight is 423 g/mol. The van der Waals surface area contributed by atoms with E-state index in [2.05, 4.69) is 9.71 Å². The van der Waals surface area contributed by atoms with Gasteiger partial charge in [-0.3, -0.25) is 0 Å². The lowest BCUT2D eigenvalue weighted by molar-refractivity contribution is 0.414. The molecule has 1 aromatic heterocycles. The first-order chi connectivity index (χ1) is 13.4. The van der Waals surface area contributed by atoms with Gasteiger partial charge < -0.3 is 9.47 Å². The van der Waals surface area contributed by atoms with E-state index in [1.165, 1.54) is 55.8 Å². The molecule has 28 heavy (non-hydrogen) atoms. The lowest BCUT2D eigenvalue weighted by Gasteiger charge is -2.10. The summed E-state index contributed by atoms with van der Waals surface area (Å²) in [5.41, 5.74) is 0.635. The first kappa shape index (κ1) is 20.1. The number of ether oxygens (including phenoxy) is 2. The summed E-state index contributed by atoms with van der Waals surface area (Å²) in [6, 6.07) is 12.9. The van der Waals surface area contributed by atoms with Crippen molar-refractivity contribution in [3.63, 3.8) is 0 Å². The Hall–Kier alpha value is -2.68. The molecule has 2 aromatic carbocycles.